The van der Waals surface area contributed by atoms with Crippen molar-refractivity contribution in [3.63, 3.8) is 0 Å². The van der Waals surface area contributed by atoms with Crippen LogP contribution in [-0.4, -0.2) is 36.3 Å². The zero-order chi connectivity index (χ0) is 14.9. The molecule has 0 spiro atoms. The van der Waals surface area contributed by atoms with E-state index in [0.717, 1.165) is 50.7 Å². The third-order valence-corrected chi connectivity index (χ3v) is 4.90. The van der Waals surface area contributed by atoms with Crippen molar-refractivity contribution < 1.29 is 5.11 Å². The number of aliphatic hydroxyl groups excluding tert-OH is 1. The molecule has 3 N–H and O–H groups in total. The van der Waals surface area contributed by atoms with E-state index in [4.69, 9.17) is 4.99 Å². The first-order valence-electron chi connectivity index (χ1n) is 9.01. The normalized spacial score (nSPS) is 27.8. The van der Waals surface area contributed by atoms with Crippen LogP contribution in [0.2, 0.25) is 0 Å². The van der Waals surface area contributed by atoms with Gasteiger partial charge in [-0.2, -0.15) is 0 Å². The second-order valence-corrected chi connectivity index (χ2v) is 6.70. The van der Waals surface area contributed by atoms with Gasteiger partial charge in [-0.15, -0.1) is 0 Å². The first-order valence-corrected chi connectivity index (χ1v) is 9.01. The van der Waals surface area contributed by atoms with Gasteiger partial charge in [0.15, 0.2) is 5.96 Å². The molecule has 4 nitrogen and oxygen atoms in total. The molecule has 0 aromatic heterocycles. The van der Waals surface area contributed by atoms with Crippen LogP contribution in [0.25, 0.3) is 0 Å². The second kappa shape index (κ2) is 9.29. The zero-order valence-corrected chi connectivity index (χ0v) is 13.6. The zero-order valence-electron chi connectivity index (χ0n) is 13.6. The Hall–Kier alpha value is -0.770. The standard InChI is InChI=1S/C17H33N3O/c1-2-18-17(20-15-9-11-16(21)12-10-15)19-13-5-8-14-6-3-4-7-14/h14-16,21H,2-13H2,1H3,(H2,18,19,20). The molecule has 0 radical (unpaired) electrons. The van der Waals surface area contributed by atoms with Crippen molar-refractivity contribution in [2.75, 3.05) is 13.1 Å². The summed E-state index contributed by atoms with van der Waals surface area (Å²) in [5.41, 5.74) is 0. The lowest BCUT2D eigenvalue weighted by Crippen LogP contribution is -2.45. The lowest BCUT2D eigenvalue weighted by molar-refractivity contribution is 0.120. The van der Waals surface area contributed by atoms with Crippen molar-refractivity contribution in [2.24, 2.45) is 10.9 Å². The van der Waals surface area contributed by atoms with Gasteiger partial charge in [0.05, 0.1) is 6.10 Å². The Morgan fingerprint density at radius 1 is 1.10 bits per heavy atom. The summed E-state index contributed by atoms with van der Waals surface area (Å²) >= 11 is 0. The van der Waals surface area contributed by atoms with Crippen molar-refractivity contribution in [3.05, 3.63) is 0 Å². The van der Waals surface area contributed by atoms with Crippen molar-refractivity contribution in [2.45, 2.75) is 83.3 Å². The summed E-state index contributed by atoms with van der Waals surface area (Å²) in [4.78, 5) is 4.72. The Morgan fingerprint density at radius 2 is 1.81 bits per heavy atom. The van der Waals surface area contributed by atoms with Crippen LogP contribution in [0.5, 0.6) is 0 Å². The number of guanidine groups is 1. The molecule has 0 aromatic carbocycles. The SMILES string of the molecule is CCNC(=NCCCC1CCCC1)NC1CCC(O)CC1. The van der Waals surface area contributed by atoms with Gasteiger partial charge in [-0.25, -0.2) is 0 Å². The molecule has 0 saturated heterocycles. The minimum atomic E-state index is -0.0889. The lowest BCUT2D eigenvalue weighted by atomic mass is 9.93. The third-order valence-electron chi connectivity index (χ3n) is 4.90. The van der Waals surface area contributed by atoms with E-state index < -0.39 is 0 Å². The number of rotatable bonds is 6. The van der Waals surface area contributed by atoms with Crippen LogP contribution in [0, 0.1) is 5.92 Å². The molecule has 0 aliphatic heterocycles. The fourth-order valence-electron chi connectivity index (χ4n) is 3.60. The van der Waals surface area contributed by atoms with E-state index in [1.54, 1.807) is 0 Å². The quantitative estimate of drug-likeness (QED) is 0.401. The average molecular weight is 295 g/mol. The van der Waals surface area contributed by atoms with Gasteiger partial charge < -0.3 is 15.7 Å². The maximum Gasteiger partial charge on any atom is 0.191 e. The van der Waals surface area contributed by atoms with Gasteiger partial charge in [-0.05, 0) is 51.4 Å². The van der Waals surface area contributed by atoms with Gasteiger partial charge in [0.25, 0.3) is 0 Å². The average Bonchev–Trinajstić information content (AvgIpc) is 2.99. The molecule has 2 fully saturated rings. The van der Waals surface area contributed by atoms with E-state index in [2.05, 4.69) is 17.6 Å². The molecule has 0 bridgehead atoms. The number of aliphatic imine (C=N–C) groups is 1. The van der Waals surface area contributed by atoms with Gasteiger partial charge in [0.1, 0.15) is 0 Å². The minimum absolute atomic E-state index is 0.0889. The highest BCUT2D eigenvalue weighted by molar-refractivity contribution is 5.80. The predicted octanol–water partition coefficient (Wildman–Crippen LogP) is 2.82. The van der Waals surface area contributed by atoms with Crippen LogP contribution >= 0.6 is 0 Å². The highest BCUT2D eigenvalue weighted by atomic mass is 16.3. The topological polar surface area (TPSA) is 56.7 Å². The number of aliphatic hydroxyl groups is 1. The molecule has 0 unspecified atom stereocenters. The highest BCUT2D eigenvalue weighted by Crippen LogP contribution is 2.28. The van der Waals surface area contributed by atoms with E-state index in [9.17, 15) is 5.11 Å². The summed E-state index contributed by atoms with van der Waals surface area (Å²) < 4.78 is 0. The molecule has 4 heteroatoms. The van der Waals surface area contributed by atoms with Crippen LogP contribution in [0.1, 0.15) is 71.1 Å². The molecule has 122 valence electrons. The molecule has 2 aliphatic carbocycles. The summed E-state index contributed by atoms with van der Waals surface area (Å²) in [6.07, 6.45) is 12.1. The number of nitrogens with zero attached hydrogens (tertiary/aromatic N) is 1. The first-order chi connectivity index (χ1) is 10.3. The molecule has 21 heavy (non-hydrogen) atoms. The van der Waals surface area contributed by atoms with E-state index in [0.29, 0.717) is 6.04 Å². The number of nitrogens with one attached hydrogen (secondary N) is 2. The molecule has 0 atom stereocenters. The van der Waals surface area contributed by atoms with E-state index in [1.807, 2.05) is 0 Å². The van der Waals surface area contributed by atoms with Gasteiger partial charge >= 0.3 is 0 Å². The third kappa shape index (κ3) is 6.25. The number of hydrogen-bond acceptors (Lipinski definition) is 2. The van der Waals surface area contributed by atoms with Crippen molar-refractivity contribution in [1.29, 1.82) is 0 Å². The molecule has 0 aromatic rings. The molecule has 2 saturated carbocycles. The second-order valence-electron chi connectivity index (χ2n) is 6.70. The van der Waals surface area contributed by atoms with Crippen LogP contribution in [0.3, 0.4) is 0 Å². The van der Waals surface area contributed by atoms with E-state index in [-0.39, 0.29) is 6.10 Å². The van der Waals surface area contributed by atoms with Gasteiger partial charge in [-0.3, -0.25) is 4.99 Å². The Bertz CT molecular complexity index is 305. The highest BCUT2D eigenvalue weighted by Gasteiger charge is 2.20. The summed E-state index contributed by atoms with van der Waals surface area (Å²) in [7, 11) is 0. The minimum Gasteiger partial charge on any atom is -0.393 e. The molecular formula is C17H33N3O. The van der Waals surface area contributed by atoms with Crippen molar-refractivity contribution in [1.82, 2.24) is 10.6 Å². The largest absolute Gasteiger partial charge is 0.393 e. The summed E-state index contributed by atoms with van der Waals surface area (Å²) in [5, 5.41) is 16.4. The van der Waals surface area contributed by atoms with Gasteiger partial charge in [-0.1, -0.05) is 25.7 Å². The van der Waals surface area contributed by atoms with E-state index >= 15 is 0 Å². The van der Waals surface area contributed by atoms with Crippen molar-refractivity contribution in [3.8, 4) is 0 Å². The lowest BCUT2D eigenvalue weighted by Gasteiger charge is -2.27. The summed E-state index contributed by atoms with van der Waals surface area (Å²) in [6.45, 7) is 3.95. The molecule has 0 heterocycles. The van der Waals surface area contributed by atoms with Crippen molar-refractivity contribution >= 4 is 5.96 Å². The first kappa shape index (κ1) is 16.6. The number of hydrogen-bond donors (Lipinski definition) is 3. The summed E-state index contributed by atoms with van der Waals surface area (Å²) in [6, 6.07) is 0.473. The molecule has 2 aliphatic rings. The summed E-state index contributed by atoms with van der Waals surface area (Å²) in [5.74, 6) is 1.93. The fourth-order valence-corrected chi connectivity index (χ4v) is 3.60. The Morgan fingerprint density at radius 3 is 2.48 bits per heavy atom. The predicted molar refractivity (Wildman–Crippen MR) is 88.6 cm³/mol. The smallest absolute Gasteiger partial charge is 0.191 e. The van der Waals surface area contributed by atoms with Crippen LogP contribution in [0.15, 0.2) is 4.99 Å². The van der Waals surface area contributed by atoms with Crippen LogP contribution < -0.4 is 10.6 Å². The molecule has 2 rings (SSSR count). The monoisotopic (exact) mass is 295 g/mol. The molecule has 0 amide bonds. The van der Waals surface area contributed by atoms with Gasteiger partial charge in [0, 0.05) is 19.1 Å². The maximum atomic E-state index is 9.57. The van der Waals surface area contributed by atoms with E-state index in [1.165, 1.54) is 38.5 Å². The van der Waals surface area contributed by atoms with Crippen LogP contribution in [0.4, 0.5) is 0 Å². The molecular weight excluding hydrogens is 262 g/mol. The van der Waals surface area contributed by atoms with Gasteiger partial charge in [0.2, 0.25) is 0 Å². The Balaban J connectivity index is 1.68. The van der Waals surface area contributed by atoms with Crippen LogP contribution in [-0.2, 0) is 0 Å². The Kier molecular flexibility index (Phi) is 7.34. The fraction of sp³-hybridized carbons (Fsp3) is 0.941. The maximum absolute atomic E-state index is 9.57. The Labute approximate surface area is 129 Å².